The summed E-state index contributed by atoms with van der Waals surface area (Å²) >= 11 is 0. The Morgan fingerprint density at radius 1 is 1.00 bits per heavy atom. The van der Waals surface area contributed by atoms with Crippen LogP contribution in [0, 0.1) is 11.8 Å². The molecule has 2 unspecified atom stereocenters. The van der Waals surface area contributed by atoms with Gasteiger partial charge in [-0.25, -0.2) is 4.98 Å². The van der Waals surface area contributed by atoms with Crippen LogP contribution in [0.25, 0.3) is 16.5 Å². The first-order valence-electron chi connectivity index (χ1n) is 10.0. The lowest BCUT2D eigenvalue weighted by atomic mass is 9.89. The van der Waals surface area contributed by atoms with Crippen molar-refractivity contribution in [1.82, 2.24) is 9.88 Å². The molecule has 2 aromatic rings. The standard InChI is InChI=1S/C19H22N2.C4H6O4/c1-21(2)12-16-14-7-8-15(11-14)19(16)18-10-9-13-5-3-4-6-17(13)20-18;5-3(6)1-2-4(7)8/h3-6,9-10,14-15H,7-8,11-12H2,1-2H3;1-2H2,(H,5,6)(H,7,8). The average molecular weight is 396 g/mol. The summed E-state index contributed by atoms with van der Waals surface area (Å²) in [5, 5.41) is 17.0. The summed E-state index contributed by atoms with van der Waals surface area (Å²) in [7, 11) is 4.34. The van der Waals surface area contributed by atoms with E-state index in [-0.39, 0.29) is 12.8 Å². The molecule has 6 nitrogen and oxygen atoms in total. The molecular formula is C23H28N2O4. The van der Waals surface area contributed by atoms with Crippen molar-refractivity contribution < 1.29 is 19.8 Å². The maximum absolute atomic E-state index is 9.64. The minimum Gasteiger partial charge on any atom is -0.481 e. The van der Waals surface area contributed by atoms with Gasteiger partial charge in [0.1, 0.15) is 0 Å². The van der Waals surface area contributed by atoms with Gasteiger partial charge in [-0.05, 0) is 68.5 Å². The van der Waals surface area contributed by atoms with Crippen LogP contribution in [0.2, 0.25) is 0 Å². The molecule has 2 aliphatic rings. The number of carboxylic acid groups (broad SMARTS) is 2. The number of para-hydroxylation sites is 1. The molecule has 6 heteroatoms. The Kier molecular flexibility index (Phi) is 6.64. The van der Waals surface area contributed by atoms with Gasteiger partial charge < -0.3 is 15.1 Å². The van der Waals surface area contributed by atoms with E-state index in [2.05, 4.69) is 55.4 Å². The number of fused-ring (bicyclic) bond motifs is 3. The van der Waals surface area contributed by atoms with Crippen LogP contribution >= 0.6 is 0 Å². The zero-order valence-corrected chi connectivity index (χ0v) is 17.0. The van der Waals surface area contributed by atoms with Crippen molar-refractivity contribution in [2.45, 2.75) is 32.1 Å². The van der Waals surface area contributed by atoms with Gasteiger partial charge in [-0.15, -0.1) is 0 Å². The molecule has 0 radical (unpaired) electrons. The van der Waals surface area contributed by atoms with E-state index in [0.29, 0.717) is 0 Å². The summed E-state index contributed by atoms with van der Waals surface area (Å²) < 4.78 is 0. The largest absolute Gasteiger partial charge is 0.481 e. The topological polar surface area (TPSA) is 90.7 Å². The number of carboxylic acids is 2. The molecule has 0 amide bonds. The van der Waals surface area contributed by atoms with E-state index >= 15 is 0 Å². The van der Waals surface area contributed by atoms with E-state index in [9.17, 15) is 9.59 Å². The van der Waals surface area contributed by atoms with Gasteiger partial charge in [-0.3, -0.25) is 9.59 Å². The number of rotatable bonds is 6. The van der Waals surface area contributed by atoms with Gasteiger partial charge in [0.15, 0.2) is 0 Å². The predicted octanol–water partition coefficient (Wildman–Crippen LogP) is 3.92. The highest BCUT2D eigenvalue weighted by atomic mass is 16.4. The van der Waals surface area contributed by atoms with Gasteiger partial charge in [0, 0.05) is 11.9 Å². The Bertz CT molecular complexity index is 921. The van der Waals surface area contributed by atoms with E-state index in [1.807, 2.05) is 0 Å². The number of nitrogens with zero attached hydrogens (tertiary/aromatic N) is 2. The maximum atomic E-state index is 9.64. The number of aromatic nitrogens is 1. The van der Waals surface area contributed by atoms with Gasteiger partial charge in [0.2, 0.25) is 0 Å². The SMILES string of the molecule is CN(C)CC1=C(c2ccc3ccccc3n2)C2CCC1C2.O=C(O)CCC(=O)O. The zero-order chi connectivity index (χ0) is 21.0. The van der Waals surface area contributed by atoms with Gasteiger partial charge in [0.25, 0.3) is 0 Å². The van der Waals surface area contributed by atoms with E-state index in [0.717, 1.165) is 23.9 Å². The molecule has 154 valence electrons. The molecule has 0 spiro atoms. The number of hydrogen-bond acceptors (Lipinski definition) is 4. The van der Waals surface area contributed by atoms with E-state index in [1.165, 1.54) is 30.3 Å². The second-order valence-electron chi connectivity index (χ2n) is 8.06. The molecule has 0 aliphatic heterocycles. The van der Waals surface area contributed by atoms with Crippen molar-refractivity contribution in [3.8, 4) is 0 Å². The minimum absolute atomic E-state index is 0.296. The van der Waals surface area contributed by atoms with Crippen LogP contribution in [-0.2, 0) is 9.59 Å². The van der Waals surface area contributed by atoms with Gasteiger partial charge in [-0.2, -0.15) is 0 Å². The normalized spacial score (nSPS) is 20.1. The number of carbonyl (C=O) groups is 2. The van der Waals surface area contributed by atoms with Crippen LogP contribution < -0.4 is 0 Å². The molecule has 2 atom stereocenters. The van der Waals surface area contributed by atoms with Crippen molar-refractivity contribution in [2.75, 3.05) is 20.6 Å². The van der Waals surface area contributed by atoms with Crippen LogP contribution in [0.4, 0.5) is 0 Å². The molecule has 2 bridgehead atoms. The Morgan fingerprint density at radius 3 is 2.31 bits per heavy atom. The van der Waals surface area contributed by atoms with Crippen LogP contribution in [0.5, 0.6) is 0 Å². The van der Waals surface area contributed by atoms with Gasteiger partial charge >= 0.3 is 11.9 Å². The van der Waals surface area contributed by atoms with Crippen LogP contribution in [0.1, 0.15) is 37.8 Å². The predicted molar refractivity (Wildman–Crippen MR) is 113 cm³/mol. The Labute approximate surface area is 170 Å². The molecule has 29 heavy (non-hydrogen) atoms. The molecular weight excluding hydrogens is 368 g/mol. The summed E-state index contributed by atoms with van der Waals surface area (Å²) in [5.74, 6) is -0.598. The number of likely N-dealkylation sites (N-methyl/N-ethyl adjacent to an activating group) is 1. The number of benzene rings is 1. The lowest BCUT2D eigenvalue weighted by Crippen LogP contribution is -2.19. The summed E-state index contributed by atoms with van der Waals surface area (Å²) in [5.41, 5.74) is 5.55. The highest BCUT2D eigenvalue weighted by Crippen LogP contribution is 2.52. The third-order valence-electron chi connectivity index (χ3n) is 5.59. The molecule has 1 aromatic carbocycles. The fraction of sp³-hybridized carbons (Fsp3) is 0.435. The summed E-state index contributed by atoms with van der Waals surface area (Å²) in [6.07, 6.45) is 3.49. The first-order valence-corrected chi connectivity index (χ1v) is 10.0. The highest BCUT2D eigenvalue weighted by Gasteiger charge is 2.39. The summed E-state index contributed by atoms with van der Waals surface area (Å²) in [6.45, 7) is 1.09. The van der Waals surface area contributed by atoms with E-state index in [1.54, 1.807) is 11.1 Å². The van der Waals surface area contributed by atoms with E-state index in [4.69, 9.17) is 15.2 Å². The highest BCUT2D eigenvalue weighted by molar-refractivity contribution is 5.82. The molecule has 2 N–H and O–H groups in total. The zero-order valence-electron chi connectivity index (χ0n) is 17.0. The second-order valence-corrected chi connectivity index (χ2v) is 8.06. The van der Waals surface area contributed by atoms with Crippen LogP contribution in [0.3, 0.4) is 0 Å². The van der Waals surface area contributed by atoms with Gasteiger partial charge in [-0.1, -0.05) is 24.3 Å². The Morgan fingerprint density at radius 2 is 1.66 bits per heavy atom. The minimum atomic E-state index is -1.08. The molecule has 1 fully saturated rings. The summed E-state index contributed by atoms with van der Waals surface area (Å²) in [4.78, 5) is 26.5. The fourth-order valence-corrected chi connectivity index (χ4v) is 4.40. The smallest absolute Gasteiger partial charge is 0.303 e. The molecule has 1 aromatic heterocycles. The molecule has 4 rings (SSSR count). The number of allylic oxidation sites excluding steroid dienone is 1. The lowest BCUT2D eigenvalue weighted by molar-refractivity contribution is -0.143. The second kappa shape index (κ2) is 9.18. The monoisotopic (exact) mass is 396 g/mol. The lowest BCUT2D eigenvalue weighted by Gasteiger charge is -2.22. The third kappa shape index (κ3) is 5.21. The molecule has 1 saturated carbocycles. The fourth-order valence-electron chi connectivity index (χ4n) is 4.40. The van der Waals surface area contributed by atoms with Crippen molar-refractivity contribution >= 4 is 28.4 Å². The van der Waals surface area contributed by atoms with Crippen LogP contribution in [0.15, 0.2) is 42.0 Å². The van der Waals surface area contributed by atoms with Crippen molar-refractivity contribution in [3.05, 3.63) is 47.7 Å². The number of hydrogen-bond donors (Lipinski definition) is 2. The first-order chi connectivity index (χ1) is 13.8. The molecule has 2 aliphatic carbocycles. The maximum Gasteiger partial charge on any atom is 0.303 e. The van der Waals surface area contributed by atoms with Crippen LogP contribution in [-0.4, -0.2) is 52.7 Å². The average Bonchev–Trinajstić information content (AvgIpc) is 3.28. The molecule has 0 saturated heterocycles. The third-order valence-corrected chi connectivity index (χ3v) is 5.59. The summed E-state index contributed by atoms with van der Waals surface area (Å²) in [6, 6.07) is 12.9. The Hall–Kier alpha value is -2.73. The van der Waals surface area contributed by atoms with E-state index < -0.39 is 11.9 Å². The quantitative estimate of drug-likeness (QED) is 0.769. The van der Waals surface area contributed by atoms with Crippen molar-refractivity contribution in [3.63, 3.8) is 0 Å². The number of aliphatic carboxylic acids is 2. The molecule has 1 heterocycles. The van der Waals surface area contributed by atoms with Gasteiger partial charge in [0.05, 0.1) is 24.1 Å². The first kappa shape index (κ1) is 21.0. The van der Waals surface area contributed by atoms with Crippen molar-refractivity contribution in [2.24, 2.45) is 11.8 Å². The Balaban J connectivity index is 0.000000258. The van der Waals surface area contributed by atoms with Crippen molar-refractivity contribution in [1.29, 1.82) is 0 Å². The number of pyridine rings is 1.